The molecule has 0 amide bonds. The largest absolute Gasteiger partial charge is 0.346 e. The maximum atomic E-state index is 7.83. The van der Waals surface area contributed by atoms with Gasteiger partial charge in [0.1, 0.15) is 5.84 Å². The van der Waals surface area contributed by atoms with Gasteiger partial charge in [0, 0.05) is 19.2 Å². The molecule has 13 heavy (non-hydrogen) atoms. The lowest BCUT2D eigenvalue weighted by Crippen LogP contribution is -2.28. The number of rotatable bonds is 1. The second-order valence-corrected chi connectivity index (χ2v) is 3.39. The molecule has 0 saturated heterocycles. The highest BCUT2D eigenvalue weighted by Gasteiger charge is 2.18. The zero-order valence-corrected chi connectivity index (χ0v) is 8.52. The molecule has 2 N–H and O–H groups in total. The maximum Gasteiger partial charge on any atom is 0.146 e. The lowest BCUT2D eigenvalue weighted by Gasteiger charge is -2.10. The van der Waals surface area contributed by atoms with Gasteiger partial charge in [-0.2, -0.15) is 0 Å². The highest BCUT2D eigenvalue weighted by Crippen LogP contribution is 2.17. The summed E-state index contributed by atoms with van der Waals surface area (Å²) >= 11 is 0. The van der Waals surface area contributed by atoms with E-state index in [4.69, 9.17) is 5.41 Å². The monoisotopic (exact) mass is 179 g/mol. The number of nitrogens with one attached hydrogen (secondary N) is 2. The van der Waals surface area contributed by atoms with Crippen molar-refractivity contribution >= 4 is 11.5 Å². The van der Waals surface area contributed by atoms with Crippen LogP contribution in [-0.2, 0) is 0 Å². The molecule has 0 fully saturated rings. The quantitative estimate of drug-likeness (QED) is 0.635. The van der Waals surface area contributed by atoms with Crippen LogP contribution in [0.15, 0.2) is 16.8 Å². The van der Waals surface area contributed by atoms with Crippen molar-refractivity contribution < 1.29 is 0 Å². The van der Waals surface area contributed by atoms with Crippen molar-refractivity contribution in [2.45, 2.75) is 26.7 Å². The predicted octanol–water partition coefficient (Wildman–Crippen LogP) is 1.96. The summed E-state index contributed by atoms with van der Waals surface area (Å²) in [6, 6.07) is 0. The molecule has 0 aromatic rings. The minimum atomic E-state index is 0.278. The molecule has 0 radical (unpaired) electrons. The van der Waals surface area contributed by atoms with E-state index in [0.29, 0.717) is 11.5 Å². The van der Waals surface area contributed by atoms with Crippen LogP contribution in [0.25, 0.3) is 0 Å². The third-order valence-corrected chi connectivity index (χ3v) is 2.41. The average Bonchev–Trinajstić information content (AvgIpc) is 2.28. The molecule has 0 aliphatic carbocycles. The number of allylic oxidation sites excluding steroid dienone is 1. The summed E-state index contributed by atoms with van der Waals surface area (Å²) in [4.78, 5) is 4.04. The van der Waals surface area contributed by atoms with E-state index in [1.807, 2.05) is 6.20 Å². The fraction of sp³-hybridized carbons (Fsp3) is 0.600. The first-order chi connectivity index (χ1) is 6.19. The highest BCUT2D eigenvalue weighted by molar-refractivity contribution is 6.41. The van der Waals surface area contributed by atoms with Crippen LogP contribution in [0.5, 0.6) is 0 Å². The van der Waals surface area contributed by atoms with Crippen LogP contribution in [0, 0.1) is 11.3 Å². The standard InChI is InChI=1S/C10H17N3/c1-4-8-5-7(2)9(11)10(12-3)13-6-8/h6-7,11H,4-5H2,1-3H3,(H,12,13). The molecule has 1 rings (SSSR count). The maximum absolute atomic E-state index is 7.83. The Balaban J connectivity index is 2.87. The van der Waals surface area contributed by atoms with Gasteiger partial charge in [0.25, 0.3) is 0 Å². The summed E-state index contributed by atoms with van der Waals surface area (Å²) in [6.45, 7) is 4.21. The topological polar surface area (TPSA) is 48.2 Å². The molecule has 1 heterocycles. The van der Waals surface area contributed by atoms with Crippen LogP contribution < -0.4 is 5.32 Å². The first-order valence-corrected chi connectivity index (χ1v) is 4.69. The third-order valence-electron chi connectivity index (χ3n) is 2.41. The van der Waals surface area contributed by atoms with E-state index in [9.17, 15) is 0 Å². The molecule has 0 aromatic carbocycles. The molecule has 72 valence electrons. The summed E-state index contributed by atoms with van der Waals surface area (Å²) in [5.41, 5.74) is 1.97. The van der Waals surface area contributed by atoms with Crippen LogP contribution >= 0.6 is 0 Å². The Hall–Kier alpha value is -1.12. The Morgan fingerprint density at radius 2 is 2.38 bits per heavy atom. The van der Waals surface area contributed by atoms with Crippen molar-refractivity contribution in [3.63, 3.8) is 0 Å². The summed E-state index contributed by atoms with van der Waals surface area (Å²) in [5, 5.41) is 10.9. The fourth-order valence-electron chi connectivity index (χ4n) is 1.47. The molecule has 1 aliphatic heterocycles. The van der Waals surface area contributed by atoms with E-state index >= 15 is 0 Å². The van der Waals surface area contributed by atoms with E-state index in [1.165, 1.54) is 5.57 Å². The van der Waals surface area contributed by atoms with Crippen molar-refractivity contribution in [2.75, 3.05) is 7.05 Å². The number of amidine groups is 1. The predicted molar refractivity (Wildman–Crippen MR) is 56.4 cm³/mol. The molecular weight excluding hydrogens is 162 g/mol. The second-order valence-electron chi connectivity index (χ2n) is 3.39. The number of nitrogens with zero attached hydrogens (tertiary/aromatic N) is 1. The molecule has 1 aliphatic rings. The van der Waals surface area contributed by atoms with Gasteiger partial charge < -0.3 is 10.7 Å². The van der Waals surface area contributed by atoms with Crippen LogP contribution in [0.2, 0.25) is 0 Å². The molecule has 1 atom stereocenters. The summed E-state index contributed by atoms with van der Waals surface area (Å²) in [5.74, 6) is 0.982. The summed E-state index contributed by atoms with van der Waals surface area (Å²) in [7, 11) is 1.72. The fourth-order valence-corrected chi connectivity index (χ4v) is 1.47. The van der Waals surface area contributed by atoms with E-state index in [0.717, 1.165) is 12.8 Å². The number of hydrogen-bond acceptors (Lipinski definition) is 2. The first kappa shape index (κ1) is 9.96. The van der Waals surface area contributed by atoms with Gasteiger partial charge in [-0.05, 0) is 12.8 Å². The Kier molecular flexibility index (Phi) is 3.23. The molecule has 0 saturated carbocycles. The van der Waals surface area contributed by atoms with Gasteiger partial charge in [-0.25, -0.2) is 0 Å². The van der Waals surface area contributed by atoms with Crippen molar-refractivity contribution in [3.8, 4) is 0 Å². The molecule has 3 nitrogen and oxygen atoms in total. The van der Waals surface area contributed by atoms with E-state index in [-0.39, 0.29) is 5.92 Å². The zero-order chi connectivity index (χ0) is 9.84. The Morgan fingerprint density at radius 1 is 1.69 bits per heavy atom. The van der Waals surface area contributed by atoms with Crippen LogP contribution in [-0.4, -0.2) is 18.6 Å². The van der Waals surface area contributed by atoms with E-state index in [2.05, 4.69) is 24.2 Å². The van der Waals surface area contributed by atoms with Crippen LogP contribution in [0.4, 0.5) is 0 Å². The Morgan fingerprint density at radius 3 is 2.92 bits per heavy atom. The molecule has 0 spiro atoms. The van der Waals surface area contributed by atoms with Gasteiger partial charge >= 0.3 is 0 Å². The van der Waals surface area contributed by atoms with Crippen molar-refractivity contribution in [3.05, 3.63) is 11.8 Å². The summed E-state index contributed by atoms with van der Waals surface area (Å²) in [6.07, 6.45) is 4.00. The van der Waals surface area contributed by atoms with Crippen LogP contribution in [0.3, 0.4) is 0 Å². The van der Waals surface area contributed by atoms with Gasteiger partial charge in [-0.15, -0.1) is 0 Å². The SMILES string of the molecule is CCC1=CNC(=NC)C(=N)C(C)C1. The van der Waals surface area contributed by atoms with Gasteiger partial charge in [-0.1, -0.05) is 19.4 Å². The van der Waals surface area contributed by atoms with Crippen molar-refractivity contribution in [1.29, 1.82) is 5.41 Å². The van der Waals surface area contributed by atoms with Gasteiger partial charge in [0.05, 0.1) is 5.71 Å². The molecule has 0 bridgehead atoms. The smallest absolute Gasteiger partial charge is 0.146 e. The molecule has 3 heteroatoms. The lowest BCUT2D eigenvalue weighted by atomic mass is 9.96. The third kappa shape index (κ3) is 2.17. The average molecular weight is 179 g/mol. The lowest BCUT2D eigenvalue weighted by molar-refractivity contribution is 0.741. The Labute approximate surface area is 79.5 Å². The van der Waals surface area contributed by atoms with Crippen LogP contribution in [0.1, 0.15) is 26.7 Å². The van der Waals surface area contributed by atoms with Crippen molar-refractivity contribution in [2.24, 2.45) is 10.9 Å². The highest BCUT2D eigenvalue weighted by atomic mass is 15.0. The normalized spacial score (nSPS) is 26.7. The van der Waals surface area contributed by atoms with E-state index in [1.54, 1.807) is 7.05 Å². The Bertz CT molecular complexity index is 263. The van der Waals surface area contributed by atoms with Gasteiger partial charge in [0.2, 0.25) is 0 Å². The zero-order valence-electron chi connectivity index (χ0n) is 8.52. The van der Waals surface area contributed by atoms with Crippen molar-refractivity contribution in [1.82, 2.24) is 5.32 Å². The van der Waals surface area contributed by atoms with Gasteiger partial charge in [-0.3, -0.25) is 4.99 Å². The molecule has 0 aromatic heterocycles. The minimum absolute atomic E-state index is 0.278. The minimum Gasteiger partial charge on any atom is -0.346 e. The number of hydrogen-bond donors (Lipinski definition) is 2. The number of aliphatic imine (C=N–C) groups is 1. The summed E-state index contributed by atoms with van der Waals surface area (Å²) < 4.78 is 0. The van der Waals surface area contributed by atoms with E-state index < -0.39 is 0 Å². The first-order valence-electron chi connectivity index (χ1n) is 4.69. The second kappa shape index (κ2) is 4.21. The molecule has 1 unspecified atom stereocenters. The van der Waals surface area contributed by atoms with Gasteiger partial charge in [0.15, 0.2) is 0 Å². The molecular formula is C10H17N3.